The highest BCUT2D eigenvalue weighted by Gasteiger charge is 2.27. The largest absolute Gasteiger partial charge is 0.342 e. The minimum Gasteiger partial charge on any atom is -0.342 e. The van der Waals surface area contributed by atoms with Gasteiger partial charge in [-0.1, -0.05) is 11.2 Å². The lowest BCUT2D eigenvalue weighted by Gasteiger charge is -2.31. The lowest BCUT2D eigenvalue weighted by molar-refractivity contribution is -0.132. The van der Waals surface area contributed by atoms with Crippen molar-refractivity contribution in [2.45, 2.75) is 38.5 Å². The number of aryl methyl sites for hydroxylation is 2. The third-order valence-corrected chi connectivity index (χ3v) is 4.00. The number of likely N-dealkylation sites (tertiary alicyclic amines) is 1. The number of hydrogen-bond donors (Lipinski definition) is 0. The Balaban J connectivity index is 1.56. The Morgan fingerprint density at radius 1 is 1.45 bits per heavy atom. The summed E-state index contributed by atoms with van der Waals surface area (Å²) in [7, 11) is 0. The van der Waals surface area contributed by atoms with E-state index in [0.29, 0.717) is 25.3 Å². The Kier molecular flexibility index (Phi) is 4.46. The van der Waals surface area contributed by atoms with E-state index in [1.807, 2.05) is 23.1 Å². The van der Waals surface area contributed by atoms with Crippen LogP contribution in [0.2, 0.25) is 0 Å². The molecule has 1 fully saturated rings. The van der Waals surface area contributed by atoms with Crippen LogP contribution < -0.4 is 0 Å². The number of rotatable bonds is 4. The fourth-order valence-electron chi connectivity index (χ4n) is 2.83. The fraction of sp³-hybridized carbons (Fsp3) is 0.500. The van der Waals surface area contributed by atoms with Gasteiger partial charge in [0.05, 0.1) is 0 Å². The number of carbonyl (C=O) groups is 1. The van der Waals surface area contributed by atoms with Gasteiger partial charge in [0.15, 0.2) is 5.82 Å². The maximum atomic E-state index is 12.4. The summed E-state index contributed by atoms with van der Waals surface area (Å²) in [6, 6.07) is 5.78. The molecule has 3 rings (SSSR count). The number of aromatic nitrogens is 3. The van der Waals surface area contributed by atoms with Crippen LogP contribution in [0.5, 0.6) is 0 Å². The summed E-state index contributed by atoms with van der Waals surface area (Å²) in [5.74, 6) is 1.66. The first kappa shape index (κ1) is 14.7. The van der Waals surface area contributed by atoms with Crippen LogP contribution in [0.1, 0.15) is 42.6 Å². The zero-order valence-corrected chi connectivity index (χ0v) is 12.7. The van der Waals surface area contributed by atoms with E-state index in [2.05, 4.69) is 15.1 Å². The predicted molar refractivity (Wildman–Crippen MR) is 80.1 cm³/mol. The van der Waals surface area contributed by atoms with Gasteiger partial charge >= 0.3 is 0 Å². The molecule has 3 heterocycles. The molecule has 1 amide bonds. The maximum Gasteiger partial charge on any atom is 0.223 e. The molecule has 6 nitrogen and oxygen atoms in total. The molecule has 116 valence electrons. The molecule has 0 unspecified atom stereocenters. The lowest BCUT2D eigenvalue weighted by atomic mass is 9.97. The molecule has 1 aliphatic rings. The van der Waals surface area contributed by atoms with E-state index in [9.17, 15) is 4.79 Å². The second-order valence-corrected chi connectivity index (χ2v) is 5.67. The molecule has 0 aromatic carbocycles. The topological polar surface area (TPSA) is 72.1 Å². The molecular weight excluding hydrogens is 280 g/mol. The van der Waals surface area contributed by atoms with Crippen molar-refractivity contribution in [1.82, 2.24) is 20.0 Å². The molecule has 1 aliphatic heterocycles. The van der Waals surface area contributed by atoms with E-state index in [4.69, 9.17) is 4.52 Å². The Labute approximate surface area is 129 Å². The van der Waals surface area contributed by atoms with Crippen LogP contribution in [0.4, 0.5) is 0 Å². The van der Waals surface area contributed by atoms with E-state index >= 15 is 0 Å². The summed E-state index contributed by atoms with van der Waals surface area (Å²) in [6.07, 6.45) is 4.92. The van der Waals surface area contributed by atoms with Crippen molar-refractivity contribution in [2.75, 3.05) is 13.1 Å². The number of carbonyl (C=O) groups excluding carboxylic acids is 1. The predicted octanol–water partition coefficient (Wildman–Crippen LogP) is 2.11. The van der Waals surface area contributed by atoms with Crippen molar-refractivity contribution < 1.29 is 9.32 Å². The van der Waals surface area contributed by atoms with Crippen LogP contribution in [-0.2, 0) is 11.2 Å². The Morgan fingerprint density at radius 3 is 3.09 bits per heavy atom. The first-order valence-electron chi connectivity index (χ1n) is 7.70. The monoisotopic (exact) mass is 300 g/mol. The molecular formula is C16H20N4O2. The van der Waals surface area contributed by atoms with Gasteiger partial charge in [-0.2, -0.15) is 4.98 Å². The van der Waals surface area contributed by atoms with Crippen LogP contribution >= 0.6 is 0 Å². The van der Waals surface area contributed by atoms with Crippen LogP contribution in [0.15, 0.2) is 28.9 Å². The van der Waals surface area contributed by atoms with Gasteiger partial charge < -0.3 is 9.42 Å². The van der Waals surface area contributed by atoms with Gasteiger partial charge in [0, 0.05) is 44.2 Å². The highest BCUT2D eigenvalue weighted by molar-refractivity contribution is 5.76. The molecule has 0 aliphatic carbocycles. The summed E-state index contributed by atoms with van der Waals surface area (Å²) in [5, 5.41) is 3.99. The van der Waals surface area contributed by atoms with E-state index in [-0.39, 0.29) is 11.8 Å². The lowest BCUT2D eigenvalue weighted by Crippen LogP contribution is -2.39. The Bertz CT molecular complexity index is 626. The van der Waals surface area contributed by atoms with Gasteiger partial charge in [-0.15, -0.1) is 0 Å². The first-order valence-corrected chi connectivity index (χ1v) is 7.70. The van der Waals surface area contributed by atoms with Crippen LogP contribution in [0.25, 0.3) is 0 Å². The van der Waals surface area contributed by atoms with Gasteiger partial charge in [-0.3, -0.25) is 9.78 Å². The number of hydrogen-bond acceptors (Lipinski definition) is 5. The molecule has 22 heavy (non-hydrogen) atoms. The normalized spacial score (nSPS) is 18.4. The van der Waals surface area contributed by atoms with Gasteiger partial charge in [-0.25, -0.2) is 0 Å². The van der Waals surface area contributed by atoms with Crippen molar-refractivity contribution in [3.05, 3.63) is 41.8 Å². The molecule has 0 N–H and O–H groups in total. The van der Waals surface area contributed by atoms with Crippen LogP contribution in [-0.4, -0.2) is 39.0 Å². The number of pyridine rings is 1. The highest BCUT2D eigenvalue weighted by atomic mass is 16.5. The fourth-order valence-corrected chi connectivity index (χ4v) is 2.83. The molecule has 2 aromatic heterocycles. The highest BCUT2D eigenvalue weighted by Crippen LogP contribution is 2.25. The molecule has 2 aromatic rings. The SMILES string of the molecule is Cc1nc([C@H]2CCCN(C(=O)CCc3ccccn3)C2)no1. The second-order valence-electron chi connectivity index (χ2n) is 5.67. The number of nitrogens with zero attached hydrogens (tertiary/aromatic N) is 4. The van der Waals surface area contributed by atoms with Crippen molar-refractivity contribution in [1.29, 1.82) is 0 Å². The smallest absolute Gasteiger partial charge is 0.223 e. The molecule has 0 spiro atoms. The summed E-state index contributed by atoms with van der Waals surface area (Å²) in [5.41, 5.74) is 0.957. The van der Waals surface area contributed by atoms with Crippen molar-refractivity contribution in [2.24, 2.45) is 0 Å². The Morgan fingerprint density at radius 2 is 2.36 bits per heavy atom. The third-order valence-electron chi connectivity index (χ3n) is 4.00. The molecule has 1 saturated heterocycles. The van der Waals surface area contributed by atoms with Gasteiger partial charge in [0.2, 0.25) is 11.8 Å². The van der Waals surface area contributed by atoms with E-state index in [1.165, 1.54) is 0 Å². The molecule has 0 saturated carbocycles. The average Bonchev–Trinajstić information content (AvgIpc) is 3.00. The third kappa shape index (κ3) is 3.50. The molecule has 1 atom stereocenters. The van der Waals surface area contributed by atoms with Crippen LogP contribution in [0.3, 0.4) is 0 Å². The van der Waals surface area contributed by atoms with Crippen LogP contribution in [0, 0.1) is 6.92 Å². The quantitative estimate of drug-likeness (QED) is 0.864. The minimum atomic E-state index is 0.176. The van der Waals surface area contributed by atoms with Gasteiger partial charge in [0.25, 0.3) is 0 Å². The molecule has 0 radical (unpaired) electrons. The van der Waals surface area contributed by atoms with Crippen molar-refractivity contribution >= 4 is 5.91 Å². The van der Waals surface area contributed by atoms with E-state index < -0.39 is 0 Å². The van der Waals surface area contributed by atoms with Crippen molar-refractivity contribution in [3.8, 4) is 0 Å². The van der Waals surface area contributed by atoms with E-state index in [1.54, 1.807) is 13.1 Å². The Hall–Kier alpha value is -2.24. The summed E-state index contributed by atoms with van der Waals surface area (Å²) >= 11 is 0. The first-order chi connectivity index (χ1) is 10.7. The standard InChI is InChI=1S/C16H20N4O2/c1-12-18-16(19-22-12)13-5-4-10-20(11-13)15(21)8-7-14-6-2-3-9-17-14/h2-3,6,9,13H,4-5,7-8,10-11H2,1H3/t13-/m0/s1. The average molecular weight is 300 g/mol. The zero-order chi connectivity index (χ0) is 15.4. The molecule has 0 bridgehead atoms. The van der Waals surface area contributed by atoms with Gasteiger partial charge in [0.1, 0.15) is 0 Å². The van der Waals surface area contributed by atoms with Crippen molar-refractivity contribution in [3.63, 3.8) is 0 Å². The summed E-state index contributed by atoms with van der Waals surface area (Å²) in [6.45, 7) is 3.28. The summed E-state index contributed by atoms with van der Waals surface area (Å²) < 4.78 is 5.05. The zero-order valence-electron chi connectivity index (χ0n) is 12.7. The van der Waals surface area contributed by atoms with E-state index in [0.717, 1.165) is 30.9 Å². The molecule has 6 heteroatoms. The second kappa shape index (κ2) is 6.68. The maximum absolute atomic E-state index is 12.4. The van der Waals surface area contributed by atoms with Gasteiger partial charge in [-0.05, 0) is 31.4 Å². The number of amides is 1. The minimum absolute atomic E-state index is 0.176. The number of piperidine rings is 1. The summed E-state index contributed by atoms with van der Waals surface area (Å²) in [4.78, 5) is 22.9.